The molecule has 5 rings (SSSR count). The van der Waals surface area contributed by atoms with Crippen molar-refractivity contribution in [3.8, 4) is 0 Å². The minimum absolute atomic E-state index is 0.0666. The summed E-state index contributed by atoms with van der Waals surface area (Å²) in [5, 5.41) is 21.3. The number of carbonyl (C=O) groups excluding carboxylic acids is 2. The number of alkyl halides is 2. The number of rotatable bonds is 4. The number of hydrogen-bond donors (Lipinski definition) is 2. The molecule has 0 aromatic heterocycles. The number of Topliss-reactive ketones (excluding diaryl/α,β-unsaturated/α-hetero) is 1. The van der Waals surface area contributed by atoms with Gasteiger partial charge in [-0.2, -0.15) is 0 Å². The average Bonchev–Trinajstić information content (AvgIpc) is 3.24. The van der Waals surface area contributed by atoms with E-state index in [-0.39, 0.29) is 37.0 Å². The maximum Gasteiger partial charge on any atom is 0.193 e. The first-order valence-electron chi connectivity index (χ1n) is 12.2. The van der Waals surface area contributed by atoms with Crippen molar-refractivity contribution in [3.63, 3.8) is 0 Å². The minimum Gasteiger partial charge on any atom is -0.390 e. The van der Waals surface area contributed by atoms with Crippen molar-refractivity contribution in [1.29, 1.82) is 0 Å². The molecule has 3 saturated carbocycles. The van der Waals surface area contributed by atoms with Gasteiger partial charge < -0.3 is 19.7 Å². The summed E-state index contributed by atoms with van der Waals surface area (Å²) in [6.45, 7) is 4.65. The molecule has 1 aliphatic heterocycles. The summed E-state index contributed by atoms with van der Waals surface area (Å²) in [6, 6.07) is 0. The minimum atomic E-state index is -2.14. The van der Waals surface area contributed by atoms with Gasteiger partial charge in [-0.05, 0) is 49.7 Å². The van der Waals surface area contributed by atoms with Gasteiger partial charge in [-0.25, -0.2) is 8.78 Å². The molecule has 6 nitrogen and oxygen atoms in total. The van der Waals surface area contributed by atoms with Crippen LogP contribution in [0.1, 0.15) is 65.7 Å². The van der Waals surface area contributed by atoms with Crippen molar-refractivity contribution in [2.75, 3.05) is 6.61 Å². The van der Waals surface area contributed by atoms with Gasteiger partial charge in [0.2, 0.25) is 0 Å². The quantitative estimate of drug-likeness (QED) is 0.659. The van der Waals surface area contributed by atoms with E-state index in [0.717, 1.165) is 6.42 Å². The van der Waals surface area contributed by atoms with Gasteiger partial charge in [0.25, 0.3) is 0 Å². The van der Waals surface area contributed by atoms with Gasteiger partial charge in [-0.1, -0.05) is 27.2 Å². The molecule has 0 amide bonds. The smallest absolute Gasteiger partial charge is 0.193 e. The van der Waals surface area contributed by atoms with E-state index < -0.39 is 71.0 Å². The van der Waals surface area contributed by atoms with Gasteiger partial charge in [0, 0.05) is 23.2 Å². The molecular weight excluding hydrogens is 434 g/mol. The van der Waals surface area contributed by atoms with E-state index in [1.165, 1.54) is 6.08 Å². The highest BCUT2D eigenvalue weighted by atomic mass is 19.1. The van der Waals surface area contributed by atoms with E-state index in [2.05, 4.69) is 0 Å². The summed E-state index contributed by atoms with van der Waals surface area (Å²) in [5.74, 6) is -2.10. The van der Waals surface area contributed by atoms with Crippen LogP contribution >= 0.6 is 0 Å². The molecule has 4 aliphatic carbocycles. The highest BCUT2D eigenvalue weighted by Crippen LogP contribution is 2.72. The standard InChI is InChI=1S/C25H34F2O6/c1-4-5-21-32-20-10-14-15-9-17(26)16-8-13(29)6-7-22(16,2)24(15,27)18(30)11-23(14,3)25(20,33-21)19(31)12-28/h8,14-15,17-18,20-21,28,30H,4-7,9-12H2,1-3H3/t14?,15?,17-,18?,20+,21+,22-,23-,24-,25+/m0/s1. The fourth-order valence-corrected chi connectivity index (χ4v) is 8.36. The Morgan fingerprint density at radius 2 is 2.00 bits per heavy atom. The Balaban J connectivity index is 1.61. The van der Waals surface area contributed by atoms with Crippen molar-refractivity contribution < 1.29 is 38.1 Å². The Labute approximate surface area is 192 Å². The summed E-state index contributed by atoms with van der Waals surface area (Å²) >= 11 is 0. The number of aliphatic hydroxyl groups excluding tert-OH is 2. The highest BCUT2D eigenvalue weighted by molar-refractivity contribution is 5.92. The number of carbonyl (C=O) groups is 2. The number of halogens is 2. The van der Waals surface area contributed by atoms with Gasteiger partial charge in [0.15, 0.2) is 23.5 Å². The van der Waals surface area contributed by atoms with E-state index >= 15 is 8.78 Å². The van der Waals surface area contributed by atoms with Crippen LogP contribution in [0.25, 0.3) is 0 Å². The first-order chi connectivity index (χ1) is 15.5. The number of aliphatic hydroxyl groups is 2. The molecule has 0 spiro atoms. The third kappa shape index (κ3) is 2.67. The SMILES string of the molecule is CCC[C@@H]1O[C@@H]2CC3C4C[C@H](F)C5=CC(=O)CC[C@]5(C)[C@@]4(F)C(O)C[C@]3(C)[C@]2(C(=O)CO)O1. The van der Waals surface area contributed by atoms with Crippen LogP contribution in [0.4, 0.5) is 8.78 Å². The highest BCUT2D eigenvalue weighted by Gasteiger charge is 2.80. The Morgan fingerprint density at radius 1 is 1.27 bits per heavy atom. The van der Waals surface area contributed by atoms with E-state index in [1.54, 1.807) is 13.8 Å². The molecule has 184 valence electrons. The zero-order chi connectivity index (χ0) is 24.0. The first kappa shape index (κ1) is 23.5. The van der Waals surface area contributed by atoms with Gasteiger partial charge in [-0.15, -0.1) is 0 Å². The van der Waals surface area contributed by atoms with Crippen molar-refractivity contribution in [3.05, 3.63) is 11.6 Å². The molecule has 4 fully saturated rings. The first-order valence-corrected chi connectivity index (χ1v) is 12.2. The molecule has 10 atom stereocenters. The van der Waals surface area contributed by atoms with Crippen molar-refractivity contribution in [2.45, 2.75) is 102 Å². The van der Waals surface area contributed by atoms with Crippen LogP contribution in [0.15, 0.2) is 11.6 Å². The zero-order valence-corrected chi connectivity index (χ0v) is 19.5. The second-order valence-electron chi connectivity index (χ2n) is 11.2. The van der Waals surface area contributed by atoms with Crippen LogP contribution in [-0.2, 0) is 19.1 Å². The number of fused-ring (bicyclic) bond motifs is 7. The predicted octanol–water partition coefficient (Wildman–Crippen LogP) is 2.98. The maximum absolute atomic E-state index is 17.2. The van der Waals surface area contributed by atoms with Crippen molar-refractivity contribution in [2.24, 2.45) is 22.7 Å². The van der Waals surface area contributed by atoms with Gasteiger partial charge in [-0.3, -0.25) is 9.59 Å². The second kappa shape index (κ2) is 7.39. The molecular formula is C25H34F2O6. The molecule has 0 radical (unpaired) electrons. The fraction of sp³-hybridized carbons (Fsp3) is 0.840. The number of allylic oxidation sites excluding steroid dienone is 1. The van der Waals surface area contributed by atoms with Gasteiger partial charge in [0.1, 0.15) is 18.4 Å². The lowest BCUT2D eigenvalue weighted by Crippen LogP contribution is -2.71. The van der Waals surface area contributed by atoms with E-state index in [0.29, 0.717) is 12.8 Å². The summed E-state index contributed by atoms with van der Waals surface area (Å²) in [6.07, 6.45) is -1.37. The molecule has 1 saturated heterocycles. The Hall–Kier alpha value is -1.22. The van der Waals surface area contributed by atoms with Crippen molar-refractivity contribution >= 4 is 11.6 Å². The Morgan fingerprint density at radius 3 is 2.67 bits per heavy atom. The van der Waals surface area contributed by atoms with E-state index in [9.17, 15) is 19.8 Å². The largest absolute Gasteiger partial charge is 0.390 e. The van der Waals surface area contributed by atoms with Gasteiger partial charge in [0.05, 0.1) is 12.2 Å². The summed E-state index contributed by atoms with van der Waals surface area (Å²) in [5.41, 5.74) is -5.82. The third-order valence-electron chi connectivity index (χ3n) is 9.90. The lowest BCUT2D eigenvalue weighted by molar-refractivity contribution is -0.242. The van der Waals surface area contributed by atoms with E-state index in [4.69, 9.17) is 9.47 Å². The van der Waals surface area contributed by atoms with Crippen LogP contribution < -0.4 is 0 Å². The molecule has 8 heteroatoms. The number of ether oxygens (including phenoxy) is 2. The molecule has 0 aromatic carbocycles. The normalized spacial score (nSPS) is 53.1. The molecule has 33 heavy (non-hydrogen) atoms. The predicted molar refractivity (Wildman–Crippen MR) is 114 cm³/mol. The van der Waals surface area contributed by atoms with Gasteiger partial charge >= 0.3 is 0 Å². The topological polar surface area (TPSA) is 93.1 Å². The van der Waals surface area contributed by atoms with Crippen LogP contribution in [-0.4, -0.2) is 64.3 Å². The van der Waals surface area contributed by atoms with Crippen LogP contribution in [0.2, 0.25) is 0 Å². The van der Waals surface area contributed by atoms with E-state index in [1.807, 2.05) is 6.92 Å². The number of hydrogen-bond acceptors (Lipinski definition) is 6. The lowest BCUT2D eigenvalue weighted by Gasteiger charge is -2.64. The monoisotopic (exact) mass is 468 g/mol. The Bertz CT molecular complexity index is 907. The molecule has 1 heterocycles. The molecule has 0 aromatic rings. The molecule has 3 unspecified atom stereocenters. The molecule has 0 bridgehead atoms. The van der Waals surface area contributed by atoms with Crippen LogP contribution in [0.5, 0.6) is 0 Å². The van der Waals surface area contributed by atoms with Crippen LogP contribution in [0, 0.1) is 22.7 Å². The summed E-state index contributed by atoms with van der Waals surface area (Å²) < 4.78 is 45.1. The fourth-order valence-electron chi connectivity index (χ4n) is 8.36. The maximum atomic E-state index is 17.2. The van der Waals surface area contributed by atoms with Crippen molar-refractivity contribution in [1.82, 2.24) is 0 Å². The molecule has 2 N–H and O–H groups in total. The zero-order valence-electron chi connectivity index (χ0n) is 19.5. The lowest BCUT2D eigenvalue weighted by atomic mass is 9.43. The second-order valence-corrected chi connectivity index (χ2v) is 11.2. The summed E-state index contributed by atoms with van der Waals surface area (Å²) in [7, 11) is 0. The number of ketones is 2. The average molecular weight is 469 g/mol. The van der Waals surface area contributed by atoms with Crippen LogP contribution in [0.3, 0.4) is 0 Å². The Kier molecular flexibility index (Phi) is 5.27. The third-order valence-corrected chi connectivity index (χ3v) is 9.90. The molecule has 5 aliphatic rings. The summed E-state index contributed by atoms with van der Waals surface area (Å²) in [4.78, 5) is 25.2.